The van der Waals surface area contributed by atoms with Crippen molar-refractivity contribution in [2.75, 3.05) is 7.11 Å². The van der Waals surface area contributed by atoms with E-state index in [-0.39, 0.29) is 6.10 Å². The Labute approximate surface area is 80.7 Å². The molecule has 1 atom stereocenters. The Bertz CT molecular complexity index is 234. The second-order valence-electron chi connectivity index (χ2n) is 3.23. The van der Waals surface area contributed by atoms with Gasteiger partial charge in [0.05, 0.1) is 6.10 Å². The van der Waals surface area contributed by atoms with E-state index in [9.17, 15) is 0 Å². The highest BCUT2D eigenvalue weighted by Gasteiger charge is 2.06. The Morgan fingerprint density at radius 1 is 1.15 bits per heavy atom. The molecule has 0 saturated heterocycles. The summed E-state index contributed by atoms with van der Waals surface area (Å²) in [5.41, 5.74) is 2.66. The summed E-state index contributed by atoms with van der Waals surface area (Å²) in [7, 11) is 1.77. The van der Waals surface area contributed by atoms with Gasteiger partial charge < -0.3 is 4.74 Å². The molecule has 1 nitrogen and oxygen atoms in total. The quantitative estimate of drug-likeness (QED) is 0.687. The molecule has 0 amide bonds. The smallest absolute Gasteiger partial charge is 0.0818 e. The van der Waals surface area contributed by atoms with Gasteiger partial charge in [0, 0.05) is 7.11 Å². The van der Waals surface area contributed by atoms with Crippen molar-refractivity contribution < 1.29 is 4.74 Å². The van der Waals surface area contributed by atoms with Crippen molar-refractivity contribution in [1.29, 1.82) is 0 Å². The van der Waals surface area contributed by atoms with Crippen molar-refractivity contribution in [1.82, 2.24) is 0 Å². The summed E-state index contributed by atoms with van der Waals surface area (Å²) < 4.78 is 5.36. The Morgan fingerprint density at radius 2 is 1.77 bits per heavy atom. The molecule has 1 rings (SSSR count). The van der Waals surface area contributed by atoms with Crippen LogP contribution in [0.25, 0.3) is 0 Å². The molecule has 0 fully saturated rings. The zero-order valence-corrected chi connectivity index (χ0v) is 8.71. The first-order valence-corrected chi connectivity index (χ1v) is 4.93. The number of ether oxygens (including phenoxy) is 1. The van der Waals surface area contributed by atoms with Gasteiger partial charge in [0.15, 0.2) is 0 Å². The third-order valence-electron chi connectivity index (χ3n) is 2.42. The molecule has 0 aliphatic carbocycles. The minimum Gasteiger partial charge on any atom is -0.377 e. The number of methoxy groups -OCH3 is 1. The van der Waals surface area contributed by atoms with Crippen LogP contribution in [0.1, 0.15) is 37.5 Å². The van der Waals surface area contributed by atoms with Crippen LogP contribution in [0.5, 0.6) is 0 Å². The molecule has 72 valence electrons. The predicted octanol–water partition coefficient (Wildman–Crippen LogP) is 3.35. The summed E-state index contributed by atoms with van der Waals surface area (Å²) in [6.45, 7) is 4.31. The van der Waals surface area contributed by atoms with Gasteiger partial charge in [-0.15, -0.1) is 0 Å². The molecule has 0 aromatic heterocycles. The number of benzene rings is 1. The molecule has 0 aliphatic heterocycles. The molecular weight excluding hydrogens is 160 g/mol. The van der Waals surface area contributed by atoms with Crippen molar-refractivity contribution in [3.63, 3.8) is 0 Å². The monoisotopic (exact) mass is 178 g/mol. The summed E-state index contributed by atoms with van der Waals surface area (Å²) >= 11 is 0. The molecule has 0 spiro atoms. The highest BCUT2D eigenvalue weighted by molar-refractivity contribution is 5.24. The van der Waals surface area contributed by atoms with Crippen LogP contribution in [0.15, 0.2) is 24.3 Å². The van der Waals surface area contributed by atoms with E-state index in [2.05, 4.69) is 38.1 Å². The van der Waals surface area contributed by atoms with Gasteiger partial charge in [0.1, 0.15) is 0 Å². The van der Waals surface area contributed by atoms with Crippen LogP contribution in [0.4, 0.5) is 0 Å². The lowest BCUT2D eigenvalue weighted by atomic mass is 10.0. The third kappa shape index (κ3) is 2.56. The van der Waals surface area contributed by atoms with Crippen LogP contribution in [0.3, 0.4) is 0 Å². The van der Waals surface area contributed by atoms with E-state index in [4.69, 9.17) is 4.74 Å². The normalized spacial score (nSPS) is 12.8. The fourth-order valence-electron chi connectivity index (χ4n) is 1.51. The van der Waals surface area contributed by atoms with Crippen molar-refractivity contribution >= 4 is 0 Å². The van der Waals surface area contributed by atoms with E-state index < -0.39 is 0 Å². The summed E-state index contributed by atoms with van der Waals surface area (Å²) in [6, 6.07) is 8.68. The maximum atomic E-state index is 5.36. The average molecular weight is 178 g/mol. The van der Waals surface area contributed by atoms with Gasteiger partial charge in [-0.2, -0.15) is 0 Å². The molecule has 13 heavy (non-hydrogen) atoms. The highest BCUT2D eigenvalue weighted by atomic mass is 16.5. The van der Waals surface area contributed by atoms with E-state index in [1.807, 2.05) is 0 Å². The summed E-state index contributed by atoms with van der Waals surface area (Å²) in [4.78, 5) is 0. The minimum absolute atomic E-state index is 0.255. The molecular formula is C12H18O. The van der Waals surface area contributed by atoms with Crippen LogP contribution >= 0.6 is 0 Å². The lowest BCUT2D eigenvalue weighted by Gasteiger charge is -2.13. The van der Waals surface area contributed by atoms with Gasteiger partial charge in [-0.05, 0) is 24.0 Å². The SMILES string of the molecule is CCc1ccc(C(CC)OC)cc1. The molecule has 0 N–H and O–H groups in total. The van der Waals surface area contributed by atoms with Crippen LogP contribution in [0, 0.1) is 0 Å². The molecule has 0 saturated carbocycles. The van der Waals surface area contributed by atoms with E-state index in [1.165, 1.54) is 11.1 Å². The summed E-state index contributed by atoms with van der Waals surface area (Å²) in [5, 5.41) is 0. The molecule has 1 heteroatoms. The molecule has 1 unspecified atom stereocenters. The van der Waals surface area contributed by atoms with Crippen LogP contribution in [-0.2, 0) is 11.2 Å². The van der Waals surface area contributed by atoms with Crippen LogP contribution < -0.4 is 0 Å². The average Bonchev–Trinajstić information content (AvgIpc) is 2.21. The topological polar surface area (TPSA) is 9.23 Å². The molecule has 1 aromatic rings. The molecule has 0 radical (unpaired) electrons. The van der Waals surface area contributed by atoms with Gasteiger partial charge in [-0.1, -0.05) is 38.1 Å². The van der Waals surface area contributed by atoms with Crippen molar-refractivity contribution in [2.24, 2.45) is 0 Å². The molecule has 0 bridgehead atoms. The lowest BCUT2D eigenvalue weighted by molar-refractivity contribution is 0.100. The number of hydrogen-bond donors (Lipinski definition) is 0. The second-order valence-corrected chi connectivity index (χ2v) is 3.23. The molecule has 0 heterocycles. The predicted molar refractivity (Wildman–Crippen MR) is 55.9 cm³/mol. The summed E-state index contributed by atoms with van der Waals surface area (Å²) in [5.74, 6) is 0. The number of rotatable bonds is 4. The Hall–Kier alpha value is -0.820. The van der Waals surface area contributed by atoms with Crippen LogP contribution in [-0.4, -0.2) is 7.11 Å². The zero-order chi connectivity index (χ0) is 9.68. The van der Waals surface area contributed by atoms with Gasteiger partial charge in [0.25, 0.3) is 0 Å². The number of hydrogen-bond acceptors (Lipinski definition) is 1. The lowest BCUT2D eigenvalue weighted by Crippen LogP contribution is -1.99. The molecule has 1 aromatic carbocycles. The Kier molecular flexibility index (Phi) is 3.97. The maximum absolute atomic E-state index is 5.36. The van der Waals surface area contributed by atoms with Gasteiger partial charge >= 0.3 is 0 Å². The summed E-state index contributed by atoms with van der Waals surface area (Å²) in [6.07, 6.45) is 2.39. The van der Waals surface area contributed by atoms with Crippen molar-refractivity contribution in [2.45, 2.75) is 32.8 Å². The maximum Gasteiger partial charge on any atom is 0.0818 e. The Morgan fingerprint density at radius 3 is 2.15 bits per heavy atom. The van der Waals surface area contributed by atoms with Gasteiger partial charge in [0.2, 0.25) is 0 Å². The van der Waals surface area contributed by atoms with E-state index in [0.717, 1.165) is 12.8 Å². The van der Waals surface area contributed by atoms with Gasteiger partial charge in [-0.3, -0.25) is 0 Å². The van der Waals surface area contributed by atoms with E-state index in [0.29, 0.717) is 0 Å². The van der Waals surface area contributed by atoms with Crippen molar-refractivity contribution in [3.8, 4) is 0 Å². The minimum atomic E-state index is 0.255. The third-order valence-corrected chi connectivity index (χ3v) is 2.42. The standard InChI is InChI=1S/C12H18O/c1-4-10-6-8-11(9-7-10)12(5-2)13-3/h6-9,12H,4-5H2,1-3H3. The highest BCUT2D eigenvalue weighted by Crippen LogP contribution is 2.20. The Balaban J connectivity index is 2.78. The zero-order valence-electron chi connectivity index (χ0n) is 8.71. The fourth-order valence-corrected chi connectivity index (χ4v) is 1.51. The van der Waals surface area contributed by atoms with E-state index in [1.54, 1.807) is 7.11 Å². The largest absolute Gasteiger partial charge is 0.377 e. The first-order chi connectivity index (χ1) is 6.31. The van der Waals surface area contributed by atoms with Crippen molar-refractivity contribution in [3.05, 3.63) is 35.4 Å². The number of aryl methyl sites for hydroxylation is 1. The first kappa shape index (κ1) is 10.3. The van der Waals surface area contributed by atoms with Gasteiger partial charge in [-0.25, -0.2) is 0 Å². The molecule has 0 aliphatic rings. The van der Waals surface area contributed by atoms with E-state index >= 15 is 0 Å². The van der Waals surface area contributed by atoms with Crippen LogP contribution in [0.2, 0.25) is 0 Å². The fraction of sp³-hybridized carbons (Fsp3) is 0.500. The second kappa shape index (κ2) is 5.03. The first-order valence-electron chi connectivity index (χ1n) is 4.93.